The van der Waals surface area contributed by atoms with Gasteiger partial charge in [-0.3, -0.25) is 4.79 Å². The number of aliphatic imine (C=N–C) groups is 1. The molecule has 2 heterocycles. The SMILES string of the molecule is CCNC(=O)CC1=CSC2=NC(C)=C(C(=O)OCCOC)[C@@H](c3ccc(F)cc3)N12. The van der Waals surface area contributed by atoms with Crippen LogP contribution in [-0.2, 0) is 19.1 Å². The number of nitrogens with one attached hydrogen (secondary N) is 1. The molecule has 3 rings (SSSR count). The van der Waals surface area contributed by atoms with Gasteiger partial charge in [0.1, 0.15) is 12.4 Å². The molecule has 1 atom stereocenters. The van der Waals surface area contributed by atoms with Gasteiger partial charge in [-0.15, -0.1) is 0 Å². The summed E-state index contributed by atoms with van der Waals surface area (Å²) in [6, 6.07) is 5.38. The Labute approximate surface area is 179 Å². The lowest BCUT2D eigenvalue weighted by Crippen LogP contribution is -2.38. The second-order valence-corrected chi connectivity index (χ2v) is 7.54. The van der Waals surface area contributed by atoms with Crippen molar-refractivity contribution < 1.29 is 23.5 Å². The number of hydrogen-bond donors (Lipinski definition) is 1. The molecular formula is C21H24FN3O4S. The molecule has 0 radical (unpaired) electrons. The Morgan fingerprint density at radius 1 is 1.27 bits per heavy atom. The summed E-state index contributed by atoms with van der Waals surface area (Å²) in [4.78, 5) is 31.6. The normalized spacial score (nSPS) is 18.0. The van der Waals surface area contributed by atoms with E-state index in [0.717, 1.165) is 0 Å². The smallest absolute Gasteiger partial charge is 0.338 e. The third-order valence-corrected chi connectivity index (χ3v) is 5.53. The summed E-state index contributed by atoms with van der Waals surface area (Å²) in [7, 11) is 1.52. The van der Waals surface area contributed by atoms with E-state index in [-0.39, 0.29) is 31.4 Å². The molecular weight excluding hydrogens is 409 g/mol. The van der Waals surface area contributed by atoms with Crippen molar-refractivity contribution in [3.05, 3.63) is 58.0 Å². The highest BCUT2D eigenvalue weighted by Gasteiger charge is 2.41. The van der Waals surface area contributed by atoms with Crippen molar-refractivity contribution in [1.29, 1.82) is 0 Å². The Morgan fingerprint density at radius 2 is 2.00 bits per heavy atom. The fourth-order valence-corrected chi connectivity index (χ4v) is 4.28. The quantitative estimate of drug-likeness (QED) is 0.501. The lowest BCUT2D eigenvalue weighted by atomic mass is 9.94. The van der Waals surface area contributed by atoms with Crippen LogP contribution in [0, 0.1) is 5.82 Å². The number of amidine groups is 1. The molecule has 0 saturated heterocycles. The van der Waals surface area contributed by atoms with E-state index in [1.165, 1.54) is 31.0 Å². The summed E-state index contributed by atoms with van der Waals surface area (Å²) in [6.07, 6.45) is 0.141. The van der Waals surface area contributed by atoms with Gasteiger partial charge in [-0.25, -0.2) is 14.2 Å². The maximum atomic E-state index is 13.6. The van der Waals surface area contributed by atoms with Crippen LogP contribution in [0.3, 0.4) is 0 Å². The third kappa shape index (κ3) is 4.73. The van der Waals surface area contributed by atoms with Crippen LogP contribution in [0.2, 0.25) is 0 Å². The van der Waals surface area contributed by atoms with Crippen molar-refractivity contribution >= 4 is 28.8 Å². The molecule has 0 fully saturated rings. The maximum absolute atomic E-state index is 13.6. The molecule has 0 unspecified atom stereocenters. The topological polar surface area (TPSA) is 80.2 Å². The van der Waals surface area contributed by atoms with Gasteiger partial charge < -0.3 is 19.7 Å². The zero-order chi connectivity index (χ0) is 21.7. The Kier molecular flexibility index (Phi) is 7.28. The minimum absolute atomic E-state index is 0.106. The third-order valence-electron chi connectivity index (χ3n) is 4.64. The molecule has 7 nitrogen and oxygen atoms in total. The minimum Gasteiger partial charge on any atom is -0.460 e. The van der Waals surface area contributed by atoms with Gasteiger partial charge in [0.2, 0.25) is 5.91 Å². The molecule has 160 valence electrons. The molecule has 9 heteroatoms. The van der Waals surface area contributed by atoms with Crippen LogP contribution in [-0.4, -0.2) is 48.8 Å². The molecule has 0 spiro atoms. The number of halogens is 1. The first kappa shape index (κ1) is 22.0. The largest absolute Gasteiger partial charge is 0.460 e. The number of fused-ring (bicyclic) bond motifs is 1. The van der Waals surface area contributed by atoms with Gasteiger partial charge in [0.15, 0.2) is 5.17 Å². The summed E-state index contributed by atoms with van der Waals surface area (Å²) in [5.74, 6) is -1.02. The Morgan fingerprint density at radius 3 is 2.67 bits per heavy atom. The summed E-state index contributed by atoms with van der Waals surface area (Å²) >= 11 is 1.39. The molecule has 30 heavy (non-hydrogen) atoms. The van der Waals surface area contributed by atoms with Gasteiger partial charge in [-0.1, -0.05) is 23.9 Å². The Hall–Kier alpha value is -2.65. The van der Waals surface area contributed by atoms with Crippen LogP contribution >= 0.6 is 11.8 Å². The number of methoxy groups -OCH3 is 1. The molecule has 2 aliphatic heterocycles. The monoisotopic (exact) mass is 433 g/mol. The van der Waals surface area contributed by atoms with Gasteiger partial charge in [-0.2, -0.15) is 0 Å². The number of benzene rings is 1. The van der Waals surface area contributed by atoms with E-state index in [1.54, 1.807) is 19.1 Å². The number of rotatable bonds is 8. The second kappa shape index (κ2) is 9.90. The van der Waals surface area contributed by atoms with Crippen LogP contribution in [0.1, 0.15) is 31.9 Å². The summed E-state index contributed by atoms with van der Waals surface area (Å²) in [5.41, 5.74) is 2.30. The number of amides is 1. The molecule has 1 N–H and O–H groups in total. The lowest BCUT2D eigenvalue weighted by molar-refractivity contribution is -0.141. The fourth-order valence-electron chi connectivity index (χ4n) is 3.31. The van der Waals surface area contributed by atoms with Crippen LogP contribution in [0.4, 0.5) is 4.39 Å². The average molecular weight is 434 g/mol. The highest BCUT2D eigenvalue weighted by molar-refractivity contribution is 8.16. The highest BCUT2D eigenvalue weighted by atomic mass is 32.2. The van der Waals surface area contributed by atoms with Crippen molar-refractivity contribution in [1.82, 2.24) is 10.2 Å². The number of nitrogens with zero attached hydrogens (tertiary/aromatic N) is 2. The highest BCUT2D eigenvalue weighted by Crippen LogP contribution is 2.44. The number of thioether (sulfide) groups is 1. The Balaban J connectivity index is 1.99. The standard InChI is InChI=1S/C21H24FN3O4S/c1-4-23-17(26)11-16-12-30-21-24-13(2)18(20(27)29-10-9-28-3)19(25(16)21)14-5-7-15(22)8-6-14/h5-8,12,19H,4,9-11H2,1-3H3,(H,23,26)/t19-/m1/s1. The van der Waals surface area contributed by atoms with Crippen molar-refractivity contribution in [2.75, 3.05) is 26.9 Å². The van der Waals surface area contributed by atoms with Crippen LogP contribution in [0.15, 0.2) is 51.6 Å². The van der Waals surface area contributed by atoms with Gasteiger partial charge in [0, 0.05) is 19.4 Å². The number of hydrogen-bond acceptors (Lipinski definition) is 7. The van der Waals surface area contributed by atoms with Crippen molar-refractivity contribution in [3.63, 3.8) is 0 Å². The Bertz CT molecular complexity index is 911. The molecule has 0 aromatic heterocycles. The summed E-state index contributed by atoms with van der Waals surface area (Å²) < 4.78 is 23.9. The summed E-state index contributed by atoms with van der Waals surface area (Å²) in [6.45, 7) is 4.50. The first-order valence-electron chi connectivity index (χ1n) is 9.58. The van der Waals surface area contributed by atoms with E-state index in [2.05, 4.69) is 10.3 Å². The van der Waals surface area contributed by atoms with Gasteiger partial charge in [0.05, 0.1) is 30.3 Å². The number of carbonyl (C=O) groups excluding carboxylic acids is 2. The number of ether oxygens (including phenoxy) is 2. The van der Waals surface area contributed by atoms with Crippen molar-refractivity contribution in [2.24, 2.45) is 4.99 Å². The minimum atomic E-state index is -0.580. The molecule has 0 bridgehead atoms. The van der Waals surface area contributed by atoms with E-state index < -0.39 is 12.0 Å². The van der Waals surface area contributed by atoms with Crippen molar-refractivity contribution in [2.45, 2.75) is 26.3 Å². The molecule has 0 saturated carbocycles. The van der Waals surface area contributed by atoms with Crippen molar-refractivity contribution in [3.8, 4) is 0 Å². The predicted octanol–water partition coefficient (Wildman–Crippen LogP) is 3.12. The molecule has 1 aromatic rings. The summed E-state index contributed by atoms with van der Waals surface area (Å²) in [5, 5.41) is 5.30. The van der Waals surface area contributed by atoms with E-state index in [1.807, 2.05) is 17.2 Å². The molecule has 0 aliphatic carbocycles. The van der Waals surface area contributed by atoms with Gasteiger partial charge >= 0.3 is 5.97 Å². The molecule has 2 aliphatic rings. The number of allylic oxidation sites excluding steroid dienone is 1. The lowest BCUT2D eigenvalue weighted by Gasteiger charge is -2.36. The first-order valence-corrected chi connectivity index (χ1v) is 10.5. The number of carbonyl (C=O) groups is 2. The average Bonchev–Trinajstić information content (AvgIpc) is 3.10. The van der Waals surface area contributed by atoms with Crippen LogP contribution in [0.5, 0.6) is 0 Å². The molecule has 1 amide bonds. The zero-order valence-electron chi connectivity index (χ0n) is 17.1. The predicted molar refractivity (Wildman–Crippen MR) is 113 cm³/mol. The van der Waals surface area contributed by atoms with E-state index in [9.17, 15) is 14.0 Å². The zero-order valence-corrected chi connectivity index (χ0v) is 17.9. The number of esters is 1. The van der Waals surface area contributed by atoms with E-state index in [0.29, 0.717) is 34.2 Å². The second-order valence-electron chi connectivity index (χ2n) is 6.70. The fraction of sp³-hybridized carbons (Fsp3) is 0.381. The first-order chi connectivity index (χ1) is 14.5. The maximum Gasteiger partial charge on any atom is 0.338 e. The van der Waals surface area contributed by atoms with Gasteiger partial charge in [0.25, 0.3) is 0 Å². The van der Waals surface area contributed by atoms with Gasteiger partial charge in [-0.05, 0) is 37.0 Å². The van der Waals surface area contributed by atoms with E-state index in [4.69, 9.17) is 9.47 Å². The van der Waals surface area contributed by atoms with Crippen LogP contribution in [0.25, 0.3) is 0 Å². The molecule has 1 aromatic carbocycles. The van der Waals surface area contributed by atoms with E-state index >= 15 is 0 Å². The van der Waals surface area contributed by atoms with Crippen LogP contribution < -0.4 is 5.32 Å².